The Kier molecular flexibility index (Phi) is 4.17. The SMILES string of the molecule is O=C(O)c1c(Cl)cccc1C#CCCO. The van der Waals surface area contributed by atoms with Crippen molar-refractivity contribution in [3.05, 3.63) is 34.3 Å². The highest BCUT2D eigenvalue weighted by molar-refractivity contribution is 6.33. The van der Waals surface area contributed by atoms with E-state index in [1.54, 1.807) is 12.1 Å². The molecule has 0 fully saturated rings. The minimum Gasteiger partial charge on any atom is -0.478 e. The Labute approximate surface area is 92.3 Å². The summed E-state index contributed by atoms with van der Waals surface area (Å²) in [7, 11) is 0. The fraction of sp³-hybridized carbons (Fsp3) is 0.182. The minimum absolute atomic E-state index is 0.00427. The topological polar surface area (TPSA) is 57.5 Å². The van der Waals surface area contributed by atoms with Gasteiger partial charge in [0, 0.05) is 12.0 Å². The molecule has 0 aromatic heterocycles. The van der Waals surface area contributed by atoms with Crippen LogP contribution in [0.5, 0.6) is 0 Å². The number of carboxylic acids is 1. The molecule has 0 aliphatic heterocycles. The van der Waals surface area contributed by atoms with E-state index in [0.717, 1.165) is 0 Å². The largest absolute Gasteiger partial charge is 0.478 e. The molecule has 0 saturated heterocycles. The molecule has 0 radical (unpaired) electrons. The van der Waals surface area contributed by atoms with Crippen LogP contribution < -0.4 is 0 Å². The van der Waals surface area contributed by atoms with E-state index < -0.39 is 5.97 Å². The summed E-state index contributed by atoms with van der Waals surface area (Å²) >= 11 is 5.74. The normalized spacial score (nSPS) is 9.20. The average molecular weight is 225 g/mol. The Morgan fingerprint density at radius 2 is 2.20 bits per heavy atom. The Morgan fingerprint density at radius 1 is 1.47 bits per heavy atom. The molecule has 1 aromatic rings. The molecule has 0 saturated carbocycles. The summed E-state index contributed by atoms with van der Waals surface area (Å²) in [4.78, 5) is 10.9. The van der Waals surface area contributed by atoms with Crippen molar-refractivity contribution in [2.24, 2.45) is 0 Å². The molecule has 0 aliphatic rings. The van der Waals surface area contributed by atoms with Crippen LogP contribution in [0, 0.1) is 11.8 Å². The lowest BCUT2D eigenvalue weighted by Gasteiger charge is -2.00. The van der Waals surface area contributed by atoms with Crippen LogP contribution >= 0.6 is 11.6 Å². The molecule has 0 heterocycles. The third kappa shape index (κ3) is 2.98. The predicted octanol–water partition coefficient (Wildman–Crippen LogP) is 1.77. The van der Waals surface area contributed by atoms with Gasteiger partial charge in [0.25, 0.3) is 0 Å². The Morgan fingerprint density at radius 3 is 2.80 bits per heavy atom. The highest BCUT2D eigenvalue weighted by Gasteiger charge is 2.12. The minimum atomic E-state index is -1.10. The van der Waals surface area contributed by atoms with Crippen LogP contribution in [0.3, 0.4) is 0 Å². The van der Waals surface area contributed by atoms with Gasteiger partial charge in [0.05, 0.1) is 17.2 Å². The van der Waals surface area contributed by atoms with Crippen molar-refractivity contribution in [1.29, 1.82) is 0 Å². The summed E-state index contributed by atoms with van der Waals surface area (Å²) in [6, 6.07) is 4.72. The van der Waals surface area contributed by atoms with Crippen molar-refractivity contribution in [2.75, 3.05) is 6.61 Å². The molecular formula is C11H9ClO3. The van der Waals surface area contributed by atoms with Crippen molar-refractivity contribution in [1.82, 2.24) is 0 Å². The molecule has 0 spiro atoms. The van der Waals surface area contributed by atoms with Gasteiger partial charge < -0.3 is 10.2 Å². The third-order valence-electron chi connectivity index (χ3n) is 1.69. The van der Waals surface area contributed by atoms with E-state index in [9.17, 15) is 4.79 Å². The molecule has 1 rings (SSSR count). The summed E-state index contributed by atoms with van der Waals surface area (Å²) in [5.74, 6) is 4.21. The second-order valence-corrected chi connectivity index (χ2v) is 3.15. The number of aliphatic hydroxyl groups excluding tert-OH is 1. The van der Waals surface area contributed by atoms with Crippen molar-refractivity contribution < 1.29 is 15.0 Å². The second kappa shape index (κ2) is 5.40. The molecule has 0 unspecified atom stereocenters. The quantitative estimate of drug-likeness (QED) is 0.753. The lowest BCUT2D eigenvalue weighted by molar-refractivity contribution is 0.0697. The van der Waals surface area contributed by atoms with E-state index in [1.807, 2.05) is 0 Å². The van der Waals surface area contributed by atoms with Crippen LogP contribution in [0.25, 0.3) is 0 Å². The lowest BCUT2D eigenvalue weighted by Crippen LogP contribution is -2.01. The zero-order valence-corrected chi connectivity index (χ0v) is 8.58. The number of rotatable bonds is 2. The van der Waals surface area contributed by atoms with E-state index >= 15 is 0 Å². The number of aliphatic hydroxyl groups is 1. The van der Waals surface area contributed by atoms with Crippen LogP contribution in [0.2, 0.25) is 5.02 Å². The summed E-state index contributed by atoms with van der Waals surface area (Å²) in [6.07, 6.45) is 0.311. The smallest absolute Gasteiger partial charge is 0.338 e. The molecule has 0 amide bonds. The molecule has 78 valence electrons. The Bertz CT molecular complexity index is 429. The van der Waals surface area contributed by atoms with Crippen molar-refractivity contribution in [2.45, 2.75) is 6.42 Å². The van der Waals surface area contributed by atoms with E-state index in [0.29, 0.717) is 12.0 Å². The number of hydrogen-bond donors (Lipinski definition) is 2. The van der Waals surface area contributed by atoms with Crippen LogP contribution in [-0.4, -0.2) is 22.8 Å². The third-order valence-corrected chi connectivity index (χ3v) is 2.00. The van der Waals surface area contributed by atoms with Crippen molar-refractivity contribution in [3.8, 4) is 11.8 Å². The zero-order valence-electron chi connectivity index (χ0n) is 7.83. The van der Waals surface area contributed by atoms with Gasteiger partial charge in [-0.05, 0) is 12.1 Å². The van der Waals surface area contributed by atoms with Crippen LogP contribution in [-0.2, 0) is 0 Å². The second-order valence-electron chi connectivity index (χ2n) is 2.74. The van der Waals surface area contributed by atoms with Gasteiger partial charge in [-0.2, -0.15) is 0 Å². The van der Waals surface area contributed by atoms with Gasteiger partial charge in [-0.1, -0.05) is 29.5 Å². The van der Waals surface area contributed by atoms with Gasteiger partial charge in [-0.15, -0.1) is 0 Å². The van der Waals surface area contributed by atoms with Gasteiger partial charge in [-0.25, -0.2) is 4.79 Å². The molecule has 1 aromatic carbocycles. The summed E-state index contributed by atoms with van der Waals surface area (Å²) in [6.45, 7) is -0.0457. The van der Waals surface area contributed by atoms with Crippen LogP contribution in [0.15, 0.2) is 18.2 Å². The molecule has 0 bridgehead atoms. The van der Waals surface area contributed by atoms with Gasteiger partial charge in [0.2, 0.25) is 0 Å². The number of hydrogen-bond acceptors (Lipinski definition) is 2. The summed E-state index contributed by atoms with van der Waals surface area (Å²) in [5, 5.41) is 17.6. The first-order valence-corrected chi connectivity index (χ1v) is 4.66. The predicted molar refractivity (Wildman–Crippen MR) is 57.0 cm³/mol. The molecular weight excluding hydrogens is 216 g/mol. The monoisotopic (exact) mass is 224 g/mol. The fourth-order valence-electron chi connectivity index (χ4n) is 1.06. The average Bonchev–Trinajstić information content (AvgIpc) is 2.17. The highest BCUT2D eigenvalue weighted by Crippen LogP contribution is 2.19. The van der Waals surface area contributed by atoms with Gasteiger partial charge >= 0.3 is 5.97 Å². The maximum absolute atomic E-state index is 10.9. The first-order valence-electron chi connectivity index (χ1n) is 4.28. The Hall–Kier alpha value is -1.50. The summed E-state index contributed by atoms with van der Waals surface area (Å²) in [5.41, 5.74) is 0.369. The Balaban J connectivity index is 3.13. The first-order chi connectivity index (χ1) is 7.16. The van der Waals surface area contributed by atoms with Gasteiger partial charge in [0.15, 0.2) is 0 Å². The molecule has 2 N–H and O–H groups in total. The maximum atomic E-state index is 10.9. The molecule has 0 aliphatic carbocycles. The number of carboxylic acid groups (broad SMARTS) is 1. The summed E-state index contributed by atoms with van der Waals surface area (Å²) < 4.78 is 0. The fourth-order valence-corrected chi connectivity index (χ4v) is 1.31. The van der Waals surface area contributed by atoms with E-state index in [2.05, 4.69) is 11.8 Å². The highest BCUT2D eigenvalue weighted by atomic mass is 35.5. The molecule has 3 nitrogen and oxygen atoms in total. The zero-order chi connectivity index (χ0) is 11.3. The van der Waals surface area contributed by atoms with Gasteiger partial charge in [0.1, 0.15) is 0 Å². The number of halogens is 1. The maximum Gasteiger partial charge on any atom is 0.338 e. The molecule has 0 atom stereocenters. The number of aromatic carboxylic acids is 1. The van der Waals surface area contributed by atoms with E-state index in [-0.39, 0.29) is 17.2 Å². The van der Waals surface area contributed by atoms with Crippen molar-refractivity contribution >= 4 is 17.6 Å². The first kappa shape index (κ1) is 11.6. The van der Waals surface area contributed by atoms with Crippen LogP contribution in [0.1, 0.15) is 22.3 Å². The molecule has 4 heteroatoms. The number of carbonyl (C=O) groups is 1. The standard InChI is InChI=1S/C11H9ClO3/c12-9-6-3-5-8(4-1-2-7-13)10(9)11(14)15/h3,5-6,13H,2,7H2,(H,14,15). The van der Waals surface area contributed by atoms with E-state index in [1.165, 1.54) is 6.07 Å². The van der Waals surface area contributed by atoms with Gasteiger partial charge in [-0.3, -0.25) is 0 Å². The lowest BCUT2D eigenvalue weighted by atomic mass is 10.1. The van der Waals surface area contributed by atoms with Crippen molar-refractivity contribution in [3.63, 3.8) is 0 Å². The van der Waals surface area contributed by atoms with Crippen LogP contribution in [0.4, 0.5) is 0 Å². The number of benzene rings is 1. The van der Waals surface area contributed by atoms with E-state index in [4.69, 9.17) is 21.8 Å². The molecule has 15 heavy (non-hydrogen) atoms.